The number of hydrogen-bond donors (Lipinski definition) is 2. The summed E-state index contributed by atoms with van der Waals surface area (Å²) in [4.78, 5) is 60.3. The Morgan fingerprint density at radius 2 is 1.06 bits per heavy atom. The Kier molecular flexibility index (Phi) is 18.6. The first-order valence-electron chi connectivity index (χ1n) is 17.6. The van der Waals surface area contributed by atoms with Gasteiger partial charge in [-0.1, -0.05) is 46.6 Å². The minimum absolute atomic E-state index is 0.0276. The third-order valence-electron chi connectivity index (χ3n) is 8.09. The van der Waals surface area contributed by atoms with Gasteiger partial charge in [0.15, 0.2) is 0 Å². The van der Waals surface area contributed by atoms with Crippen LogP contribution in [-0.4, -0.2) is 78.7 Å². The number of aldehydes is 1. The van der Waals surface area contributed by atoms with Crippen molar-refractivity contribution in [3.63, 3.8) is 0 Å². The van der Waals surface area contributed by atoms with Crippen molar-refractivity contribution in [1.29, 1.82) is 0 Å². The van der Waals surface area contributed by atoms with E-state index in [4.69, 9.17) is 18.9 Å². The van der Waals surface area contributed by atoms with Gasteiger partial charge in [0, 0.05) is 11.8 Å². The number of ether oxygens (including phenoxy) is 4. The van der Waals surface area contributed by atoms with E-state index >= 15 is 0 Å². The normalized spacial score (nSPS) is 22.8. The lowest BCUT2D eigenvalue weighted by Crippen LogP contribution is -2.49. The van der Waals surface area contributed by atoms with Crippen LogP contribution < -0.4 is 10.6 Å². The Bertz CT molecular complexity index is 962. The maximum absolute atomic E-state index is 12.6. The van der Waals surface area contributed by atoms with Crippen molar-refractivity contribution in [3.05, 3.63) is 12.7 Å². The maximum atomic E-state index is 12.6. The van der Waals surface area contributed by atoms with E-state index in [1.807, 2.05) is 48.5 Å². The smallest absolute Gasteiger partial charge is 0.329 e. The van der Waals surface area contributed by atoms with Crippen LogP contribution in [0, 0.1) is 23.7 Å². The Hall–Kier alpha value is -2.79. The highest BCUT2D eigenvalue weighted by molar-refractivity contribution is 5.87. The molecule has 2 aliphatic rings. The van der Waals surface area contributed by atoms with Gasteiger partial charge in [0.2, 0.25) is 11.8 Å². The van der Waals surface area contributed by atoms with Gasteiger partial charge >= 0.3 is 11.9 Å². The second kappa shape index (κ2) is 20.7. The molecule has 11 nitrogen and oxygen atoms in total. The molecule has 48 heavy (non-hydrogen) atoms. The molecular weight excluding hydrogens is 616 g/mol. The van der Waals surface area contributed by atoms with Gasteiger partial charge in [0.25, 0.3) is 0 Å². The second-order valence-electron chi connectivity index (χ2n) is 15.6. The van der Waals surface area contributed by atoms with Gasteiger partial charge in [-0.2, -0.15) is 0 Å². The van der Waals surface area contributed by atoms with Crippen molar-refractivity contribution in [2.24, 2.45) is 23.7 Å². The van der Waals surface area contributed by atoms with Crippen molar-refractivity contribution in [1.82, 2.24) is 10.6 Å². The molecule has 2 fully saturated rings. The zero-order valence-electron chi connectivity index (χ0n) is 31.2. The predicted molar refractivity (Wildman–Crippen MR) is 185 cm³/mol. The number of hydrogen-bond acceptors (Lipinski definition) is 9. The molecule has 2 N–H and O–H groups in total. The van der Waals surface area contributed by atoms with Gasteiger partial charge in [-0.05, 0) is 91.9 Å². The standard InChI is InChI=1S/C19H33NO4.C18H31NO5/c1-7-11-23-15-10-8-9-14(12-15)17(21)20-16(13(2)3)18(22)24-19(4,5)6;1-12(2)15(17(22)24-18(3,4)5)19-16(21)13-7-6-8-14(11-13)23-10-9-20/h7,13-16H,1,8-12H2,2-6H3,(H,20,21);9,12-15H,6-8,10-11H2,1-5H3,(H,19,21)/t14?,15?,16-;13?,14?,15-/m00/s1. The molecule has 2 aliphatic carbocycles. The van der Waals surface area contributed by atoms with Crippen molar-refractivity contribution in [2.75, 3.05) is 13.2 Å². The molecule has 0 aliphatic heterocycles. The number of esters is 2. The molecule has 0 bridgehead atoms. The number of rotatable bonds is 14. The molecule has 0 aromatic heterocycles. The van der Waals surface area contributed by atoms with Gasteiger partial charge in [-0.3, -0.25) is 9.59 Å². The van der Waals surface area contributed by atoms with Gasteiger partial charge in [-0.25, -0.2) is 9.59 Å². The maximum Gasteiger partial charge on any atom is 0.329 e. The third-order valence-corrected chi connectivity index (χ3v) is 8.09. The van der Waals surface area contributed by atoms with Crippen LogP contribution in [-0.2, 0) is 42.9 Å². The fourth-order valence-electron chi connectivity index (χ4n) is 5.72. The first-order valence-corrected chi connectivity index (χ1v) is 17.6. The van der Waals surface area contributed by atoms with Crippen molar-refractivity contribution >= 4 is 30.0 Å². The lowest BCUT2D eigenvalue weighted by Gasteiger charge is -2.31. The van der Waals surface area contributed by atoms with E-state index in [0.717, 1.165) is 44.8 Å². The molecular formula is C37H64N2O9. The number of nitrogens with one attached hydrogen (secondary N) is 2. The summed E-state index contributed by atoms with van der Waals surface area (Å²) >= 11 is 0. The molecule has 0 saturated heterocycles. The summed E-state index contributed by atoms with van der Waals surface area (Å²) in [5.74, 6) is -1.40. The topological polar surface area (TPSA) is 146 Å². The molecule has 0 aromatic carbocycles. The summed E-state index contributed by atoms with van der Waals surface area (Å²) in [7, 11) is 0. The van der Waals surface area contributed by atoms with Crippen molar-refractivity contribution in [3.8, 4) is 0 Å². The molecule has 2 rings (SSSR count). The summed E-state index contributed by atoms with van der Waals surface area (Å²) in [6.07, 6.45) is 9.00. The average Bonchev–Trinajstić information content (AvgIpc) is 2.98. The molecule has 0 radical (unpaired) electrons. The average molecular weight is 681 g/mol. The quantitative estimate of drug-likeness (QED) is 0.138. The van der Waals surface area contributed by atoms with Crippen LogP contribution in [0.2, 0.25) is 0 Å². The van der Waals surface area contributed by atoms with Gasteiger partial charge < -0.3 is 34.4 Å². The first kappa shape index (κ1) is 43.2. The van der Waals surface area contributed by atoms with Crippen LogP contribution in [0.3, 0.4) is 0 Å². The van der Waals surface area contributed by atoms with E-state index < -0.39 is 29.3 Å². The highest BCUT2D eigenvalue weighted by Gasteiger charge is 2.35. The largest absolute Gasteiger partial charge is 0.458 e. The molecule has 0 spiro atoms. The first-order chi connectivity index (χ1) is 22.3. The number of carbonyl (C=O) groups excluding carboxylic acids is 5. The van der Waals surface area contributed by atoms with Crippen LogP contribution in [0.25, 0.3) is 0 Å². The molecule has 4 unspecified atom stereocenters. The Morgan fingerprint density at radius 3 is 1.38 bits per heavy atom. The number of amides is 2. The summed E-state index contributed by atoms with van der Waals surface area (Å²) in [5, 5.41) is 5.74. The summed E-state index contributed by atoms with van der Waals surface area (Å²) in [6.45, 7) is 22.7. The van der Waals surface area contributed by atoms with Gasteiger partial charge in [-0.15, -0.1) is 6.58 Å². The van der Waals surface area contributed by atoms with E-state index in [0.29, 0.717) is 19.4 Å². The van der Waals surface area contributed by atoms with E-state index in [-0.39, 0.29) is 60.3 Å². The minimum Gasteiger partial charge on any atom is -0.458 e. The zero-order chi connectivity index (χ0) is 36.7. The Balaban J connectivity index is 0.000000480. The minimum atomic E-state index is -0.659. The fourth-order valence-corrected chi connectivity index (χ4v) is 5.72. The Labute approximate surface area is 289 Å². The van der Waals surface area contributed by atoms with Crippen LogP contribution in [0.15, 0.2) is 12.7 Å². The summed E-state index contributed by atoms with van der Waals surface area (Å²) in [5.41, 5.74) is -1.16. The van der Waals surface area contributed by atoms with E-state index in [2.05, 4.69) is 17.2 Å². The van der Waals surface area contributed by atoms with E-state index in [9.17, 15) is 24.0 Å². The molecule has 2 saturated carbocycles. The highest BCUT2D eigenvalue weighted by Crippen LogP contribution is 2.28. The second-order valence-corrected chi connectivity index (χ2v) is 15.6. The lowest BCUT2D eigenvalue weighted by molar-refractivity contribution is -0.161. The number of carbonyl (C=O) groups is 5. The lowest BCUT2D eigenvalue weighted by atomic mass is 9.86. The highest BCUT2D eigenvalue weighted by atomic mass is 16.6. The molecule has 11 heteroatoms. The fraction of sp³-hybridized carbons (Fsp3) is 0.811. The monoisotopic (exact) mass is 680 g/mol. The van der Waals surface area contributed by atoms with E-state index in [1.54, 1.807) is 26.8 Å². The van der Waals surface area contributed by atoms with Crippen LogP contribution in [0.5, 0.6) is 0 Å². The molecule has 276 valence electrons. The van der Waals surface area contributed by atoms with Crippen LogP contribution >= 0.6 is 0 Å². The summed E-state index contributed by atoms with van der Waals surface area (Å²) < 4.78 is 22.0. The molecule has 0 heterocycles. The molecule has 6 atom stereocenters. The zero-order valence-corrected chi connectivity index (χ0v) is 31.2. The van der Waals surface area contributed by atoms with Crippen molar-refractivity contribution in [2.45, 2.75) is 156 Å². The van der Waals surface area contributed by atoms with Crippen LogP contribution in [0.1, 0.15) is 121 Å². The molecule has 2 amide bonds. The SMILES string of the molecule is C=CCOC1CCCC(C(=O)N[C@H](C(=O)OC(C)(C)C)C(C)C)C1.CC(C)[C@H](NC(=O)C1CCCC(OCC=O)C1)C(=O)OC(C)(C)C. The van der Waals surface area contributed by atoms with Crippen molar-refractivity contribution < 1.29 is 42.9 Å². The van der Waals surface area contributed by atoms with E-state index in [1.165, 1.54) is 0 Å². The van der Waals surface area contributed by atoms with Gasteiger partial charge in [0.05, 0.1) is 18.8 Å². The third kappa shape index (κ3) is 17.0. The Morgan fingerprint density at radius 1 is 0.688 bits per heavy atom. The van der Waals surface area contributed by atoms with Gasteiger partial charge in [0.1, 0.15) is 36.2 Å². The predicted octanol–water partition coefficient (Wildman–Crippen LogP) is 5.47. The summed E-state index contributed by atoms with van der Waals surface area (Å²) in [6, 6.07) is -1.28. The van der Waals surface area contributed by atoms with Crippen LogP contribution in [0.4, 0.5) is 0 Å². The molecule has 0 aromatic rings.